The Bertz CT molecular complexity index is 2560. The van der Waals surface area contributed by atoms with E-state index in [2.05, 4.69) is 37.2 Å². The Morgan fingerprint density at radius 2 is 1.34 bits per heavy atom. The first-order valence-electron chi connectivity index (χ1n) is 24.0. The number of carbonyl (C=O) groups excluding carboxylic acids is 8. The van der Waals surface area contributed by atoms with Crippen molar-refractivity contribution in [3.63, 3.8) is 0 Å². The molecule has 4 aromatic rings. The Labute approximate surface area is 431 Å². The van der Waals surface area contributed by atoms with E-state index < -0.39 is 108 Å². The molecule has 0 aliphatic carbocycles. The summed E-state index contributed by atoms with van der Waals surface area (Å²) in [6.07, 6.45) is -0.540. The maximum Gasteiger partial charge on any atom is 0.247 e. The molecule has 15 N–H and O–H groups in total. The third-order valence-electron chi connectivity index (χ3n) is 12.0. The van der Waals surface area contributed by atoms with E-state index in [0.29, 0.717) is 24.0 Å². The molecule has 1 heterocycles. The van der Waals surface area contributed by atoms with Gasteiger partial charge in [-0.25, -0.2) is 0 Å². The molecular weight excluding hydrogens is 977 g/mol. The van der Waals surface area contributed by atoms with Gasteiger partial charge in [0.05, 0.1) is 12.1 Å². The first-order chi connectivity index (χ1) is 34.8. The SMILES string of the molecule is CC(C)C1NC(=O)C(CCCCN)NC(=O)C(c2ccccc2)NC(=O)C(Cc2ccc(O)cc2)NC(=O)C(NC(=O)C(N)Cc2ccc3ccccc3c2)CSSCC(C(=O)NC(C(N)=O)C(C)O)NC1=O. The number of unbranched alkanes of at least 4 members (excludes halogenated alkanes) is 1. The summed E-state index contributed by atoms with van der Waals surface area (Å²) in [5.41, 5.74) is 19.3. The maximum absolute atomic E-state index is 14.7. The van der Waals surface area contributed by atoms with Crippen LogP contribution < -0.4 is 54.4 Å². The number of primary amides is 1. The molecule has 0 spiro atoms. The molecule has 5 rings (SSSR count). The number of rotatable bonds is 16. The van der Waals surface area contributed by atoms with Crippen molar-refractivity contribution >= 4 is 79.6 Å². The van der Waals surface area contributed by atoms with Gasteiger partial charge in [0, 0.05) is 17.9 Å². The number of aromatic hydroxyl groups is 1. The number of hydrogen-bond acceptors (Lipinski definition) is 14. The van der Waals surface area contributed by atoms with E-state index in [1.807, 2.05) is 42.5 Å². The highest BCUT2D eigenvalue weighted by atomic mass is 33.1. The Kier molecular flexibility index (Phi) is 21.9. The molecule has 0 radical (unpaired) electrons. The van der Waals surface area contributed by atoms with Crippen LogP contribution in [0.15, 0.2) is 97.1 Å². The van der Waals surface area contributed by atoms with E-state index >= 15 is 0 Å². The van der Waals surface area contributed by atoms with E-state index in [1.54, 1.807) is 56.3 Å². The first kappa shape index (κ1) is 57.2. The topological polar surface area (TPSA) is 339 Å². The number of phenols is 1. The molecule has 73 heavy (non-hydrogen) atoms. The molecule has 8 amide bonds. The standard InChI is InChI=1S/C51H66N10O10S2/c1-28(2)41-50(70)58-40(49(69)60-42(29(3)62)44(54)64)27-73-72-26-39(57-45(65)36(53)24-31-16-19-32-11-7-8-14-34(32)23-31)48(68)56-38(25-30-17-20-35(63)21-18-30)47(67)61-43(33-12-5-4-6-13-33)51(71)55-37(46(66)59-41)15-9-10-22-52/h4-8,11-14,16-21,23,28-29,36-43,62-63H,9-10,15,22,24-27,52-53H2,1-3H3,(H2,54,64)(H,55,71)(H,56,68)(H,57,65)(H,58,70)(H,59,66)(H,60,69)(H,61,67). The second kappa shape index (κ2) is 27.9. The van der Waals surface area contributed by atoms with Crippen LogP contribution in [0, 0.1) is 5.92 Å². The highest BCUT2D eigenvalue weighted by molar-refractivity contribution is 8.76. The van der Waals surface area contributed by atoms with E-state index in [1.165, 1.54) is 19.1 Å². The number of benzene rings is 4. The van der Waals surface area contributed by atoms with E-state index in [0.717, 1.165) is 37.9 Å². The van der Waals surface area contributed by atoms with Crippen molar-refractivity contribution < 1.29 is 48.6 Å². The second-order valence-electron chi connectivity index (χ2n) is 18.2. The number of nitrogens with one attached hydrogen (secondary N) is 7. The van der Waals surface area contributed by atoms with Crippen LogP contribution in [-0.2, 0) is 51.2 Å². The minimum Gasteiger partial charge on any atom is -0.508 e. The predicted octanol–water partition coefficient (Wildman–Crippen LogP) is 0.470. The summed E-state index contributed by atoms with van der Waals surface area (Å²) in [7, 11) is 2.03. The van der Waals surface area contributed by atoms with Gasteiger partial charge in [-0.05, 0) is 84.7 Å². The summed E-state index contributed by atoms with van der Waals surface area (Å²) in [5.74, 6) is -7.70. The summed E-state index contributed by atoms with van der Waals surface area (Å²) >= 11 is 0. The molecule has 9 atom stereocenters. The average molecular weight is 1040 g/mol. The minimum absolute atomic E-state index is 0.0497. The Morgan fingerprint density at radius 3 is 2.00 bits per heavy atom. The summed E-state index contributed by atoms with van der Waals surface area (Å²) < 4.78 is 0. The molecule has 20 nitrogen and oxygen atoms in total. The fourth-order valence-corrected chi connectivity index (χ4v) is 10.2. The number of aliphatic hydroxyl groups is 1. The summed E-state index contributed by atoms with van der Waals surface area (Å²) in [6, 6.07) is 16.6. The van der Waals surface area contributed by atoms with Gasteiger partial charge < -0.3 is 64.6 Å². The molecule has 0 aromatic heterocycles. The van der Waals surface area contributed by atoms with Gasteiger partial charge >= 0.3 is 0 Å². The van der Waals surface area contributed by atoms with Crippen molar-refractivity contribution in [3.05, 3.63) is 114 Å². The third-order valence-corrected chi connectivity index (χ3v) is 14.5. The molecule has 22 heteroatoms. The summed E-state index contributed by atoms with van der Waals surface area (Å²) in [5, 5.41) is 41.0. The van der Waals surface area contributed by atoms with Gasteiger partial charge in [0.15, 0.2) is 0 Å². The Balaban J connectivity index is 1.55. The average Bonchev–Trinajstić information content (AvgIpc) is 3.36. The van der Waals surface area contributed by atoms with E-state index in [9.17, 15) is 48.6 Å². The predicted molar refractivity (Wildman–Crippen MR) is 280 cm³/mol. The number of aliphatic hydroxyl groups excluding tert-OH is 1. The fourth-order valence-electron chi connectivity index (χ4n) is 7.88. The zero-order valence-corrected chi connectivity index (χ0v) is 42.5. The smallest absolute Gasteiger partial charge is 0.247 e. The minimum atomic E-state index is -1.55. The van der Waals surface area contributed by atoms with Gasteiger partial charge in [0.25, 0.3) is 0 Å². The van der Waals surface area contributed by atoms with Crippen molar-refractivity contribution in [1.82, 2.24) is 37.2 Å². The van der Waals surface area contributed by atoms with Gasteiger partial charge in [0.1, 0.15) is 48.0 Å². The lowest BCUT2D eigenvalue weighted by Gasteiger charge is -2.29. The van der Waals surface area contributed by atoms with Crippen LogP contribution in [0.2, 0.25) is 0 Å². The van der Waals surface area contributed by atoms with Crippen LogP contribution in [0.5, 0.6) is 5.75 Å². The zero-order valence-electron chi connectivity index (χ0n) is 40.9. The van der Waals surface area contributed by atoms with Crippen molar-refractivity contribution in [2.45, 2.75) is 107 Å². The number of phenolic OH excluding ortho intramolecular Hbond substituents is 1. The highest BCUT2D eigenvalue weighted by Crippen LogP contribution is 2.25. The summed E-state index contributed by atoms with van der Waals surface area (Å²) in [4.78, 5) is 112. The van der Waals surface area contributed by atoms with Crippen LogP contribution in [0.1, 0.15) is 62.8 Å². The van der Waals surface area contributed by atoms with Gasteiger partial charge in [-0.3, -0.25) is 38.4 Å². The maximum atomic E-state index is 14.7. The van der Waals surface area contributed by atoms with Crippen molar-refractivity contribution in [3.8, 4) is 5.75 Å². The molecule has 1 aliphatic rings. The van der Waals surface area contributed by atoms with E-state index in [4.69, 9.17) is 17.2 Å². The third kappa shape index (κ3) is 17.2. The molecule has 1 aliphatic heterocycles. The Morgan fingerprint density at radius 1 is 0.712 bits per heavy atom. The summed E-state index contributed by atoms with van der Waals surface area (Å²) in [6.45, 7) is 4.84. The van der Waals surface area contributed by atoms with E-state index in [-0.39, 0.29) is 43.1 Å². The molecule has 9 unspecified atom stereocenters. The van der Waals surface area contributed by atoms with Crippen molar-refractivity contribution in [2.24, 2.45) is 23.1 Å². The largest absolute Gasteiger partial charge is 0.508 e. The number of fused-ring (bicyclic) bond motifs is 1. The Hall–Kier alpha value is -6.72. The molecule has 0 bridgehead atoms. The molecular formula is C51H66N10O10S2. The first-order valence-corrected chi connectivity index (χ1v) is 26.4. The molecule has 392 valence electrons. The molecule has 0 saturated carbocycles. The fraction of sp³-hybridized carbons (Fsp3) is 0.412. The van der Waals surface area contributed by atoms with Crippen LogP contribution in [0.25, 0.3) is 10.8 Å². The number of carbonyl (C=O) groups is 8. The monoisotopic (exact) mass is 1040 g/mol. The van der Waals surface area contributed by atoms with Crippen LogP contribution >= 0.6 is 21.6 Å². The van der Waals surface area contributed by atoms with Crippen molar-refractivity contribution in [1.29, 1.82) is 0 Å². The molecule has 1 fully saturated rings. The normalized spacial score (nSPS) is 22.0. The van der Waals surface area contributed by atoms with Gasteiger partial charge in [0.2, 0.25) is 47.3 Å². The van der Waals surface area contributed by atoms with Crippen LogP contribution in [0.3, 0.4) is 0 Å². The zero-order chi connectivity index (χ0) is 53.2. The second-order valence-corrected chi connectivity index (χ2v) is 20.7. The number of nitrogens with two attached hydrogens (primary N) is 3. The number of hydrogen-bond donors (Lipinski definition) is 12. The molecule has 1 saturated heterocycles. The van der Waals surface area contributed by atoms with Gasteiger partial charge in [-0.2, -0.15) is 0 Å². The lowest BCUT2D eigenvalue weighted by Crippen LogP contribution is -2.61. The lowest BCUT2D eigenvalue weighted by atomic mass is 10.00. The van der Waals surface area contributed by atoms with Crippen molar-refractivity contribution in [2.75, 3.05) is 18.1 Å². The molecule has 4 aromatic carbocycles. The van der Waals surface area contributed by atoms with Crippen LogP contribution in [0.4, 0.5) is 0 Å². The quantitative estimate of drug-likeness (QED) is 0.0537. The number of amides is 8. The van der Waals surface area contributed by atoms with Gasteiger partial charge in [-0.15, -0.1) is 0 Å². The lowest BCUT2D eigenvalue weighted by molar-refractivity contribution is -0.136. The van der Waals surface area contributed by atoms with Crippen LogP contribution in [-0.4, -0.2) is 124 Å². The van der Waals surface area contributed by atoms with Gasteiger partial charge in [-0.1, -0.05) is 120 Å². The highest BCUT2D eigenvalue weighted by Gasteiger charge is 2.36.